The van der Waals surface area contributed by atoms with E-state index in [2.05, 4.69) is 4.90 Å². The summed E-state index contributed by atoms with van der Waals surface area (Å²) in [5.74, 6) is 0.689. The van der Waals surface area contributed by atoms with E-state index in [0.29, 0.717) is 12.3 Å². The molecule has 1 N–H and O–H groups in total. The van der Waals surface area contributed by atoms with E-state index >= 15 is 0 Å². The first-order valence-electron chi connectivity index (χ1n) is 6.60. The van der Waals surface area contributed by atoms with E-state index in [1.54, 1.807) is 11.8 Å². The number of rotatable bonds is 2. The van der Waals surface area contributed by atoms with Gasteiger partial charge in [-0.3, -0.25) is 0 Å². The highest BCUT2D eigenvalue weighted by molar-refractivity contribution is 8.14. The van der Waals surface area contributed by atoms with Crippen molar-refractivity contribution < 1.29 is 5.11 Å². The lowest BCUT2D eigenvalue weighted by Crippen LogP contribution is -2.42. The smallest absolute Gasteiger partial charge is 0.169 e. The zero-order chi connectivity index (χ0) is 13.8. The highest BCUT2D eigenvalue weighted by Crippen LogP contribution is 2.27. The van der Waals surface area contributed by atoms with E-state index in [-0.39, 0.29) is 6.10 Å². The molecule has 3 rings (SSSR count). The van der Waals surface area contributed by atoms with Crippen molar-refractivity contribution in [2.45, 2.75) is 6.10 Å². The molecule has 0 aliphatic carbocycles. The molecule has 2 aromatic rings. The number of amidine groups is 1. The van der Waals surface area contributed by atoms with Crippen LogP contribution >= 0.6 is 11.8 Å². The molecule has 0 saturated carbocycles. The summed E-state index contributed by atoms with van der Waals surface area (Å²) in [5, 5.41) is 10.8. The fraction of sp³-hybridized carbons (Fsp3) is 0.188. The average Bonchev–Trinajstić information content (AvgIpc) is 2.51. The maximum Gasteiger partial charge on any atom is 0.169 e. The van der Waals surface area contributed by atoms with Gasteiger partial charge in [0.25, 0.3) is 0 Å². The molecule has 1 fully saturated rings. The molecule has 0 bridgehead atoms. The number of benzene rings is 2. The predicted octanol–water partition coefficient (Wildman–Crippen LogP) is 3.29. The molecule has 1 aliphatic heterocycles. The van der Waals surface area contributed by atoms with Gasteiger partial charge in [0.1, 0.15) is 0 Å². The van der Waals surface area contributed by atoms with Crippen molar-refractivity contribution in [1.29, 1.82) is 0 Å². The Balaban J connectivity index is 1.93. The molecule has 1 atom stereocenters. The van der Waals surface area contributed by atoms with Crippen LogP contribution in [0.15, 0.2) is 65.7 Å². The summed E-state index contributed by atoms with van der Waals surface area (Å²) < 4.78 is 0. The van der Waals surface area contributed by atoms with Gasteiger partial charge < -0.3 is 10.0 Å². The van der Waals surface area contributed by atoms with Crippen LogP contribution in [0.4, 0.5) is 11.4 Å². The lowest BCUT2D eigenvalue weighted by atomic mass is 10.2. The van der Waals surface area contributed by atoms with Crippen LogP contribution < -0.4 is 4.90 Å². The molecule has 4 heteroatoms. The van der Waals surface area contributed by atoms with Crippen molar-refractivity contribution in [2.24, 2.45) is 4.99 Å². The Bertz CT molecular complexity index is 586. The van der Waals surface area contributed by atoms with Crippen molar-refractivity contribution in [3.05, 3.63) is 60.7 Å². The Morgan fingerprint density at radius 3 is 2.35 bits per heavy atom. The number of β-amino-alcohol motifs (C(OH)–C–C–N with tert-alkyl or cyclic N) is 1. The first kappa shape index (κ1) is 13.2. The molecule has 20 heavy (non-hydrogen) atoms. The number of para-hydroxylation sites is 2. The van der Waals surface area contributed by atoms with Crippen LogP contribution in [-0.2, 0) is 0 Å². The number of hydrogen-bond donors (Lipinski definition) is 1. The molecule has 1 aliphatic rings. The zero-order valence-corrected chi connectivity index (χ0v) is 11.8. The zero-order valence-electron chi connectivity index (χ0n) is 11.0. The highest BCUT2D eigenvalue weighted by Gasteiger charge is 2.24. The number of anilines is 1. The normalized spacial score (nSPS) is 21.1. The summed E-state index contributed by atoms with van der Waals surface area (Å²) in [4.78, 5) is 6.78. The maximum atomic E-state index is 9.91. The second-order valence-corrected chi connectivity index (χ2v) is 5.63. The van der Waals surface area contributed by atoms with Crippen LogP contribution in [-0.4, -0.2) is 28.7 Å². The number of aliphatic imine (C=N–C) groups is 1. The topological polar surface area (TPSA) is 35.8 Å². The highest BCUT2D eigenvalue weighted by atomic mass is 32.2. The van der Waals surface area contributed by atoms with Gasteiger partial charge in [0, 0.05) is 11.4 Å². The summed E-state index contributed by atoms with van der Waals surface area (Å²) >= 11 is 1.60. The lowest BCUT2D eigenvalue weighted by Gasteiger charge is -2.32. The van der Waals surface area contributed by atoms with Crippen LogP contribution in [0.1, 0.15) is 0 Å². The summed E-state index contributed by atoms with van der Waals surface area (Å²) in [6.45, 7) is 0.586. The second-order valence-electron chi connectivity index (χ2n) is 4.64. The molecule has 0 radical (unpaired) electrons. The number of aliphatic hydroxyl groups excluding tert-OH is 1. The number of nitrogens with zero attached hydrogens (tertiary/aromatic N) is 2. The molecular weight excluding hydrogens is 268 g/mol. The van der Waals surface area contributed by atoms with E-state index in [1.807, 2.05) is 60.7 Å². The number of aliphatic hydroxyl groups is 1. The maximum absolute atomic E-state index is 9.91. The fourth-order valence-corrected chi connectivity index (χ4v) is 3.07. The quantitative estimate of drug-likeness (QED) is 0.919. The standard InChI is InChI=1S/C16H16N2OS/c19-15-11-18(14-9-5-2-6-10-14)16(20-12-15)17-13-7-3-1-4-8-13/h1-10,15,19H,11-12H2. The minimum atomic E-state index is -0.324. The third-order valence-corrected chi connectivity index (χ3v) is 4.20. The molecule has 0 aromatic heterocycles. The van der Waals surface area contributed by atoms with Gasteiger partial charge in [-0.2, -0.15) is 0 Å². The van der Waals surface area contributed by atoms with Crippen molar-refractivity contribution in [2.75, 3.05) is 17.2 Å². The fourth-order valence-electron chi connectivity index (χ4n) is 2.12. The molecule has 1 saturated heterocycles. The Morgan fingerprint density at radius 2 is 1.65 bits per heavy atom. The van der Waals surface area contributed by atoms with E-state index in [9.17, 15) is 5.11 Å². The van der Waals surface area contributed by atoms with Gasteiger partial charge in [-0.25, -0.2) is 4.99 Å². The first-order chi connectivity index (χ1) is 9.83. The van der Waals surface area contributed by atoms with Crippen LogP contribution in [0.5, 0.6) is 0 Å². The van der Waals surface area contributed by atoms with Crippen molar-refractivity contribution >= 4 is 28.3 Å². The van der Waals surface area contributed by atoms with E-state index in [1.165, 1.54) is 0 Å². The monoisotopic (exact) mass is 284 g/mol. The molecule has 2 aromatic carbocycles. The predicted molar refractivity (Wildman–Crippen MR) is 85.8 cm³/mol. The average molecular weight is 284 g/mol. The molecular formula is C16H16N2OS. The van der Waals surface area contributed by atoms with E-state index < -0.39 is 0 Å². The van der Waals surface area contributed by atoms with Gasteiger partial charge in [0.2, 0.25) is 0 Å². The number of thioether (sulfide) groups is 1. The van der Waals surface area contributed by atoms with Gasteiger partial charge in [-0.05, 0) is 24.3 Å². The van der Waals surface area contributed by atoms with Crippen LogP contribution in [0.2, 0.25) is 0 Å². The first-order valence-corrected chi connectivity index (χ1v) is 7.59. The summed E-state index contributed by atoms with van der Waals surface area (Å²) in [6, 6.07) is 20.0. The van der Waals surface area contributed by atoms with Crippen LogP contribution in [0.3, 0.4) is 0 Å². The van der Waals surface area contributed by atoms with Gasteiger partial charge in [0.15, 0.2) is 5.17 Å². The van der Waals surface area contributed by atoms with Gasteiger partial charge in [-0.1, -0.05) is 48.2 Å². The molecule has 1 unspecified atom stereocenters. The Morgan fingerprint density at radius 1 is 1.00 bits per heavy atom. The van der Waals surface area contributed by atoms with E-state index in [0.717, 1.165) is 16.5 Å². The van der Waals surface area contributed by atoms with Crippen molar-refractivity contribution in [1.82, 2.24) is 0 Å². The van der Waals surface area contributed by atoms with E-state index in [4.69, 9.17) is 4.99 Å². The van der Waals surface area contributed by atoms with Crippen molar-refractivity contribution in [3.8, 4) is 0 Å². The molecule has 0 spiro atoms. The minimum Gasteiger partial charge on any atom is -0.390 e. The number of hydrogen-bond acceptors (Lipinski definition) is 3. The van der Waals surface area contributed by atoms with Gasteiger partial charge in [0.05, 0.1) is 18.3 Å². The second kappa shape index (κ2) is 6.11. The Hall–Kier alpha value is -1.78. The SMILES string of the molecule is OC1CSC(=Nc2ccccc2)N(c2ccccc2)C1. The van der Waals surface area contributed by atoms with Crippen LogP contribution in [0, 0.1) is 0 Å². The molecule has 0 amide bonds. The van der Waals surface area contributed by atoms with Crippen molar-refractivity contribution in [3.63, 3.8) is 0 Å². The molecule has 102 valence electrons. The third-order valence-electron chi connectivity index (χ3n) is 3.08. The van der Waals surface area contributed by atoms with Gasteiger partial charge >= 0.3 is 0 Å². The Kier molecular flexibility index (Phi) is 4.04. The summed E-state index contributed by atoms with van der Waals surface area (Å²) in [5.41, 5.74) is 2.00. The van der Waals surface area contributed by atoms with Crippen LogP contribution in [0.25, 0.3) is 0 Å². The third kappa shape index (κ3) is 3.03. The summed E-state index contributed by atoms with van der Waals surface area (Å²) in [7, 11) is 0. The summed E-state index contributed by atoms with van der Waals surface area (Å²) in [6.07, 6.45) is -0.324. The van der Waals surface area contributed by atoms with Gasteiger partial charge in [-0.15, -0.1) is 0 Å². The largest absolute Gasteiger partial charge is 0.390 e. The minimum absolute atomic E-state index is 0.324. The molecule has 1 heterocycles. The lowest BCUT2D eigenvalue weighted by molar-refractivity contribution is 0.207. The Labute approximate surface area is 123 Å². The molecule has 3 nitrogen and oxygen atoms in total.